The molecule has 0 radical (unpaired) electrons. The number of benzene rings is 2. The second-order valence-corrected chi connectivity index (χ2v) is 7.27. The predicted octanol–water partition coefficient (Wildman–Crippen LogP) is 6.12. The van der Waals surface area contributed by atoms with Crippen molar-refractivity contribution < 1.29 is 9.28 Å². The van der Waals surface area contributed by atoms with E-state index < -0.39 is 11.4 Å². The van der Waals surface area contributed by atoms with Gasteiger partial charge in [0, 0.05) is 15.6 Å². The fourth-order valence-corrected chi connectivity index (χ4v) is 3.06. The number of amides is 1. The van der Waals surface area contributed by atoms with E-state index >= 15 is 0 Å². The molecule has 0 unspecified atom stereocenters. The highest BCUT2D eigenvalue weighted by atomic mass is 35.5. The van der Waals surface area contributed by atoms with Crippen LogP contribution in [0.3, 0.4) is 0 Å². The molecule has 2 aromatic carbocycles. The normalized spacial score (nSPS) is 11.4. The first-order valence-electron chi connectivity index (χ1n) is 7.80. The van der Waals surface area contributed by atoms with E-state index in [1.165, 1.54) is 23.8 Å². The lowest BCUT2D eigenvalue weighted by Gasteiger charge is -2.31. The maximum Gasteiger partial charge on any atom is 0.282 e. The van der Waals surface area contributed by atoms with E-state index in [9.17, 15) is 9.28 Å². The lowest BCUT2D eigenvalue weighted by Crippen LogP contribution is -2.42. The number of hydrogen-bond acceptors (Lipinski definition) is 1. The van der Waals surface area contributed by atoms with E-state index in [2.05, 4.69) is 0 Å². The SMILES string of the molecule is CC(C)(CCCc1ccccc1)N(F)C(=O)c1cc(Cl)cc(Cl)c1. The van der Waals surface area contributed by atoms with Gasteiger partial charge < -0.3 is 0 Å². The largest absolute Gasteiger partial charge is 0.282 e. The highest BCUT2D eigenvalue weighted by Crippen LogP contribution is 2.27. The molecule has 0 atom stereocenters. The van der Waals surface area contributed by atoms with Gasteiger partial charge in [-0.05, 0) is 56.9 Å². The minimum absolute atomic E-state index is 0.145. The summed E-state index contributed by atoms with van der Waals surface area (Å²) < 4.78 is 14.6. The van der Waals surface area contributed by atoms with Crippen LogP contribution in [0.1, 0.15) is 42.6 Å². The first kappa shape index (κ1) is 18.8. The van der Waals surface area contributed by atoms with E-state index in [1.54, 1.807) is 13.8 Å². The van der Waals surface area contributed by atoms with E-state index in [0.717, 1.165) is 12.8 Å². The van der Waals surface area contributed by atoms with Gasteiger partial charge in [0.05, 0.1) is 5.54 Å². The molecule has 0 aliphatic rings. The van der Waals surface area contributed by atoms with Crippen molar-refractivity contribution in [3.8, 4) is 0 Å². The van der Waals surface area contributed by atoms with Gasteiger partial charge in [0.1, 0.15) is 0 Å². The third-order valence-electron chi connectivity index (χ3n) is 3.92. The highest BCUT2D eigenvalue weighted by Gasteiger charge is 2.32. The summed E-state index contributed by atoms with van der Waals surface area (Å²) in [5.74, 6) is -0.732. The van der Waals surface area contributed by atoms with Crippen molar-refractivity contribution >= 4 is 29.1 Å². The summed E-state index contributed by atoms with van der Waals surface area (Å²) in [6.07, 6.45) is 2.16. The number of halogens is 3. The number of aryl methyl sites for hydroxylation is 1. The van der Waals surface area contributed by atoms with Gasteiger partial charge in [-0.3, -0.25) is 4.79 Å². The van der Waals surface area contributed by atoms with Crippen molar-refractivity contribution in [1.82, 2.24) is 5.12 Å². The van der Waals surface area contributed by atoms with Crippen LogP contribution >= 0.6 is 23.2 Å². The Kier molecular flexibility index (Phi) is 6.25. The zero-order chi connectivity index (χ0) is 17.7. The molecular weight excluding hydrogens is 348 g/mol. The number of nitrogens with zero attached hydrogens (tertiary/aromatic N) is 1. The molecular formula is C19H20Cl2FNO. The Morgan fingerprint density at radius 2 is 1.67 bits per heavy atom. The highest BCUT2D eigenvalue weighted by molar-refractivity contribution is 6.35. The summed E-state index contributed by atoms with van der Waals surface area (Å²) in [4.78, 5) is 12.4. The molecule has 0 heterocycles. The van der Waals surface area contributed by atoms with Crippen LogP contribution < -0.4 is 0 Å². The molecule has 0 bridgehead atoms. The minimum atomic E-state index is -0.916. The van der Waals surface area contributed by atoms with E-state index in [4.69, 9.17) is 23.2 Å². The Balaban J connectivity index is 2.00. The Bertz CT molecular complexity index is 684. The summed E-state index contributed by atoms with van der Waals surface area (Å²) >= 11 is 11.8. The van der Waals surface area contributed by atoms with Gasteiger partial charge in [-0.25, -0.2) is 0 Å². The van der Waals surface area contributed by atoms with E-state index in [-0.39, 0.29) is 10.7 Å². The van der Waals surface area contributed by atoms with Gasteiger partial charge in [-0.2, -0.15) is 5.12 Å². The molecule has 2 aromatic rings. The molecule has 0 saturated heterocycles. The molecule has 128 valence electrons. The Morgan fingerprint density at radius 3 is 2.25 bits per heavy atom. The zero-order valence-electron chi connectivity index (χ0n) is 13.7. The molecule has 0 aromatic heterocycles. The van der Waals surface area contributed by atoms with Crippen LogP contribution in [0.2, 0.25) is 10.0 Å². The minimum Gasteiger partial charge on any atom is -0.266 e. The number of rotatable bonds is 6. The standard InChI is InChI=1S/C19H20Cl2FNO/c1-19(2,10-6-9-14-7-4-3-5-8-14)23(22)18(24)15-11-16(20)13-17(21)12-15/h3-5,7-8,11-13H,6,9-10H2,1-2H3. The van der Waals surface area contributed by atoms with Gasteiger partial charge >= 0.3 is 0 Å². The van der Waals surface area contributed by atoms with Crippen LogP contribution in [0.5, 0.6) is 0 Å². The van der Waals surface area contributed by atoms with Gasteiger partial charge in [-0.15, -0.1) is 0 Å². The van der Waals surface area contributed by atoms with Gasteiger partial charge in [0.2, 0.25) is 0 Å². The van der Waals surface area contributed by atoms with Crippen LogP contribution in [-0.2, 0) is 6.42 Å². The summed E-state index contributed by atoms with van der Waals surface area (Å²) in [6, 6.07) is 14.4. The maximum absolute atomic E-state index is 14.6. The molecule has 5 heteroatoms. The van der Waals surface area contributed by atoms with Crippen molar-refractivity contribution in [2.75, 3.05) is 0 Å². The van der Waals surface area contributed by atoms with Crippen molar-refractivity contribution in [3.63, 3.8) is 0 Å². The first-order chi connectivity index (χ1) is 11.3. The van der Waals surface area contributed by atoms with Crippen molar-refractivity contribution in [1.29, 1.82) is 0 Å². The molecule has 24 heavy (non-hydrogen) atoms. The van der Waals surface area contributed by atoms with E-state index in [0.29, 0.717) is 16.5 Å². The Hall–Kier alpha value is -1.58. The fraction of sp³-hybridized carbons (Fsp3) is 0.316. The molecule has 0 saturated carbocycles. The van der Waals surface area contributed by atoms with Gasteiger partial charge in [0.15, 0.2) is 0 Å². The summed E-state index contributed by atoms with van der Waals surface area (Å²) in [7, 11) is 0. The van der Waals surface area contributed by atoms with Gasteiger partial charge in [0.25, 0.3) is 5.91 Å². The summed E-state index contributed by atoms with van der Waals surface area (Å²) in [5.41, 5.74) is 0.429. The molecule has 1 amide bonds. The van der Waals surface area contributed by atoms with Crippen molar-refractivity contribution in [2.45, 2.75) is 38.6 Å². The van der Waals surface area contributed by atoms with Crippen LogP contribution in [0.4, 0.5) is 4.48 Å². The molecule has 2 nitrogen and oxygen atoms in total. The molecule has 2 rings (SSSR count). The van der Waals surface area contributed by atoms with E-state index in [1.807, 2.05) is 30.3 Å². The summed E-state index contributed by atoms with van der Waals surface area (Å²) in [5, 5.41) is 0.891. The second-order valence-electron chi connectivity index (χ2n) is 6.40. The molecule has 0 aliphatic heterocycles. The fourth-order valence-electron chi connectivity index (χ4n) is 2.53. The zero-order valence-corrected chi connectivity index (χ0v) is 15.2. The first-order valence-corrected chi connectivity index (χ1v) is 8.55. The molecule has 0 spiro atoms. The number of carbonyl (C=O) groups excluding carboxylic acids is 1. The number of hydrogen-bond donors (Lipinski definition) is 0. The predicted molar refractivity (Wildman–Crippen MR) is 97.2 cm³/mol. The van der Waals surface area contributed by atoms with Crippen molar-refractivity contribution in [3.05, 3.63) is 69.7 Å². The second kappa shape index (κ2) is 8.00. The quantitative estimate of drug-likeness (QED) is 0.563. The topological polar surface area (TPSA) is 20.3 Å². The Morgan fingerprint density at radius 1 is 1.08 bits per heavy atom. The van der Waals surface area contributed by atoms with Gasteiger partial charge in [-0.1, -0.05) is 58.0 Å². The lowest BCUT2D eigenvalue weighted by molar-refractivity contribution is -0.0431. The van der Waals surface area contributed by atoms with Crippen LogP contribution in [0.15, 0.2) is 48.5 Å². The van der Waals surface area contributed by atoms with Crippen molar-refractivity contribution in [2.24, 2.45) is 0 Å². The third-order valence-corrected chi connectivity index (χ3v) is 4.35. The lowest BCUT2D eigenvalue weighted by atomic mass is 9.94. The summed E-state index contributed by atoms with van der Waals surface area (Å²) in [6.45, 7) is 3.42. The van der Waals surface area contributed by atoms with Crippen LogP contribution in [-0.4, -0.2) is 16.6 Å². The molecule has 0 fully saturated rings. The maximum atomic E-state index is 14.6. The molecule has 0 aliphatic carbocycles. The van der Waals surface area contributed by atoms with Crippen LogP contribution in [0, 0.1) is 0 Å². The average Bonchev–Trinajstić information content (AvgIpc) is 2.53. The number of carbonyl (C=O) groups is 1. The van der Waals surface area contributed by atoms with Crippen LogP contribution in [0.25, 0.3) is 0 Å². The average molecular weight is 368 g/mol. The monoisotopic (exact) mass is 367 g/mol. The smallest absolute Gasteiger partial charge is 0.266 e. The third kappa shape index (κ3) is 4.96. The molecule has 0 N–H and O–H groups in total. The Labute approximate surface area is 152 Å².